The van der Waals surface area contributed by atoms with Crippen LogP contribution in [0.4, 0.5) is 0 Å². The van der Waals surface area contributed by atoms with Crippen LogP contribution < -0.4 is 11.0 Å². The van der Waals surface area contributed by atoms with Crippen molar-refractivity contribution in [3.05, 3.63) is 35.8 Å². The van der Waals surface area contributed by atoms with E-state index in [1.54, 1.807) is 12.1 Å². The molecule has 2 aromatic rings. The van der Waals surface area contributed by atoms with Crippen molar-refractivity contribution in [2.45, 2.75) is 27.7 Å². The molecule has 5 nitrogen and oxygen atoms in total. The Morgan fingerprint density at radius 1 is 0.750 bits per heavy atom. The zero-order valence-corrected chi connectivity index (χ0v) is 16.4. The molecule has 0 N–H and O–H groups in total. The first-order valence-corrected chi connectivity index (χ1v) is 12.4. The predicted octanol–water partition coefficient (Wildman–Crippen LogP) is 4.16. The lowest BCUT2D eigenvalue weighted by molar-refractivity contribution is 0.0986. The molecule has 0 aliphatic heterocycles. The van der Waals surface area contributed by atoms with Crippen LogP contribution in [-0.4, -0.2) is 30.4 Å². The molecular weight excluding hydrogens is 346 g/mol. The highest BCUT2D eigenvalue weighted by molar-refractivity contribution is 7.71. The number of ketones is 1. The van der Waals surface area contributed by atoms with Gasteiger partial charge in [-0.15, -0.1) is 0 Å². The van der Waals surface area contributed by atoms with Crippen LogP contribution in [0.25, 0.3) is 0 Å². The van der Waals surface area contributed by atoms with Crippen LogP contribution in [0.15, 0.2) is 33.1 Å². The van der Waals surface area contributed by atoms with Gasteiger partial charge >= 0.3 is 0 Å². The van der Waals surface area contributed by atoms with Crippen LogP contribution in [0.2, 0.25) is 0 Å². The van der Waals surface area contributed by atoms with E-state index in [-0.39, 0.29) is 11.5 Å². The molecule has 2 aromatic heterocycles. The maximum Gasteiger partial charge on any atom is 0.263 e. The topological polar surface area (TPSA) is 77.5 Å². The fourth-order valence-electron chi connectivity index (χ4n) is 2.53. The van der Waals surface area contributed by atoms with Gasteiger partial charge in [0, 0.05) is 24.6 Å². The first-order valence-electron chi connectivity index (χ1n) is 8.25. The van der Waals surface area contributed by atoms with Gasteiger partial charge < -0.3 is 18.0 Å². The molecule has 0 atom stereocenters. The molecule has 24 heavy (non-hydrogen) atoms. The van der Waals surface area contributed by atoms with Crippen LogP contribution in [0.5, 0.6) is 0 Å². The van der Waals surface area contributed by atoms with Crippen molar-refractivity contribution in [3.8, 4) is 0 Å². The van der Waals surface area contributed by atoms with Crippen molar-refractivity contribution >= 4 is 31.1 Å². The molecule has 2 heterocycles. The molecule has 0 unspecified atom stereocenters. The van der Waals surface area contributed by atoms with Crippen molar-refractivity contribution in [2.24, 2.45) is 0 Å². The quantitative estimate of drug-likeness (QED) is 0.515. The van der Waals surface area contributed by atoms with Crippen molar-refractivity contribution < 1.29 is 22.8 Å². The molecule has 7 heteroatoms. The van der Waals surface area contributed by atoms with Gasteiger partial charge in [0.1, 0.15) is 14.3 Å². The average molecular weight is 370 g/mol. The summed E-state index contributed by atoms with van der Waals surface area (Å²) >= 11 is 0. The third-order valence-corrected chi connectivity index (χ3v) is 10.7. The molecule has 0 amide bonds. The smallest absolute Gasteiger partial charge is 0.263 e. The second-order valence-electron chi connectivity index (χ2n) is 5.65. The van der Waals surface area contributed by atoms with E-state index >= 15 is 0 Å². The molecule has 0 fully saturated rings. The standard InChI is InChI=1S/C17H24O5P2/c1-5-23(19,6-2)15-11-9-13(21-15)17(18)14-10-12-16(22-14)24(20,7-3)8-4/h9-12H,5-8H2,1-4H3. The highest BCUT2D eigenvalue weighted by atomic mass is 31.2. The lowest BCUT2D eigenvalue weighted by Crippen LogP contribution is -2.07. The zero-order chi connectivity index (χ0) is 18.0. The molecule has 2 rings (SSSR count). The SMILES string of the molecule is CCP(=O)(CC)c1ccc(C(=O)c2ccc(P(=O)(CC)CC)o2)o1. The Morgan fingerprint density at radius 3 is 1.38 bits per heavy atom. The molecule has 0 spiro atoms. The van der Waals surface area contributed by atoms with E-state index < -0.39 is 20.1 Å². The Hall–Kier alpha value is -1.31. The average Bonchev–Trinajstić information content (AvgIpc) is 3.29. The second-order valence-corrected chi connectivity index (χ2v) is 12.6. The summed E-state index contributed by atoms with van der Waals surface area (Å²) in [5.74, 6) is -0.239. The van der Waals surface area contributed by atoms with E-state index in [4.69, 9.17) is 8.83 Å². The fourth-order valence-corrected chi connectivity index (χ4v) is 5.89. The van der Waals surface area contributed by atoms with Gasteiger partial charge in [-0.3, -0.25) is 4.79 Å². The van der Waals surface area contributed by atoms with Crippen LogP contribution in [-0.2, 0) is 9.13 Å². The Morgan fingerprint density at radius 2 is 1.08 bits per heavy atom. The molecule has 0 saturated carbocycles. The van der Waals surface area contributed by atoms with Crippen molar-refractivity contribution in [1.82, 2.24) is 0 Å². The van der Waals surface area contributed by atoms with Gasteiger partial charge in [-0.25, -0.2) is 0 Å². The lowest BCUT2D eigenvalue weighted by atomic mass is 10.2. The van der Waals surface area contributed by atoms with E-state index in [2.05, 4.69) is 0 Å². The highest BCUT2D eigenvalue weighted by Gasteiger charge is 2.29. The molecule has 0 radical (unpaired) electrons. The minimum atomic E-state index is -2.57. The number of hydrogen-bond donors (Lipinski definition) is 0. The van der Waals surface area contributed by atoms with Gasteiger partial charge in [0.15, 0.2) is 22.5 Å². The zero-order valence-electron chi connectivity index (χ0n) is 14.6. The minimum Gasteiger partial charge on any atom is -0.450 e. The fraction of sp³-hybridized carbons (Fsp3) is 0.471. The maximum atomic E-state index is 12.7. The summed E-state index contributed by atoms with van der Waals surface area (Å²) in [5.41, 5.74) is 0.742. The van der Waals surface area contributed by atoms with E-state index in [0.717, 1.165) is 0 Å². The van der Waals surface area contributed by atoms with Crippen molar-refractivity contribution in [2.75, 3.05) is 24.6 Å². The van der Waals surface area contributed by atoms with Crippen molar-refractivity contribution in [3.63, 3.8) is 0 Å². The van der Waals surface area contributed by atoms with E-state index in [9.17, 15) is 13.9 Å². The minimum absolute atomic E-state index is 0.0934. The summed E-state index contributed by atoms with van der Waals surface area (Å²) in [6, 6.07) is 6.26. The van der Waals surface area contributed by atoms with Gasteiger partial charge in [-0.2, -0.15) is 0 Å². The predicted molar refractivity (Wildman–Crippen MR) is 97.5 cm³/mol. The summed E-state index contributed by atoms with van der Waals surface area (Å²) in [6.45, 7) is 7.39. The molecule has 0 aromatic carbocycles. The largest absolute Gasteiger partial charge is 0.450 e. The summed E-state index contributed by atoms with van der Waals surface area (Å²) < 4.78 is 36.5. The summed E-state index contributed by atoms with van der Waals surface area (Å²) in [5, 5.41) is 0. The molecule has 132 valence electrons. The Labute approximate surface area is 142 Å². The summed E-state index contributed by atoms with van der Waals surface area (Å²) in [4.78, 5) is 12.5. The molecular formula is C17H24O5P2. The van der Waals surface area contributed by atoms with Gasteiger partial charge in [0.25, 0.3) is 5.78 Å². The lowest BCUT2D eigenvalue weighted by Gasteiger charge is -2.10. The number of furan rings is 2. The first kappa shape index (κ1) is 19.0. The van der Waals surface area contributed by atoms with Gasteiger partial charge in [0.05, 0.1) is 0 Å². The summed E-state index contributed by atoms with van der Waals surface area (Å²) in [7, 11) is -5.14. The highest BCUT2D eigenvalue weighted by Crippen LogP contribution is 2.45. The second kappa shape index (κ2) is 7.29. The van der Waals surface area contributed by atoms with Gasteiger partial charge in [0.2, 0.25) is 0 Å². The number of carbonyl (C=O) groups is 1. The number of hydrogen-bond acceptors (Lipinski definition) is 5. The summed E-state index contributed by atoms with van der Waals surface area (Å²) in [6.07, 6.45) is 1.97. The Kier molecular flexibility index (Phi) is 5.78. The van der Waals surface area contributed by atoms with Crippen LogP contribution in [0.3, 0.4) is 0 Å². The molecule has 0 aliphatic rings. The van der Waals surface area contributed by atoms with Crippen LogP contribution in [0.1, 0.15) is 44.0 Å². The van der Waals surface area contributed by atoms with Gasteiger partial charge in [-0.1, -0.05) is 27.7 Å². The number of carbonyl (C=O) groups excluding carboxylic acids is 1. The van der Waals surface area contributed by atoms with E-state index in [1.807, 2.05) is 27.7 Å². The maximum absolute atomic E-state index is 12.7. The van der Waals surface area contributed by atoms with Crippen LogP contribution >= 0.6 is 14.3 Å². The van der Waals surface area contributed by atoms with E-state index in [0.29, 0.717) is 35.7 Å². The third-order valence-electron chi connectivity index (χ3n) is 4.48. The molecule has 0 saturated heterocycles. The molecule has 0 bridgehead atoms. The third kappa shape index (κ3) is 3.38. The van der Waals surface area contributed by atoms with Gasteiger partial charge in [-0.05, 0) is 24.3 Å². The van der Waals surface area contributed by atoms with E-state index in [1.165, 1.54) is 12.1 Å². The number of rotatable bonds is 8. The van der Waals surface area contributed by atoms with Crippen LogP contribution in [0, 0.1) is 0 Å². The Bertz CT molecular complexity index is 732. The normalized spacial score (nSPS) is 12.5. The monoisotopic (exact) mass is 370 g/mol. The van der Waals surface area contributed by atoms with Crippen molar-refractivity contribution in [1.29, 1.82) is 0 Å². The Balaban J connectivity index is 2.31. The molecule has 0 aliphatic carbocycles. The first-order chi connectivity index (χ1) is 11.3.